The van der Waals surface area contributed by atoms with Gasteiger partial charge in [0, 0.05) is 0 Å². The molecule has 1 heteroatoms. The molecule has 0 saturated heterocycles. The summed E-state index contributed by atoms with van der Waals surface area (Å²) in [6, 6.07) is 0. The van der Waals surface area contributed by atoms with Gasteiger partial charge in [0.1, 0.15) is 0 Å². The fourth-order valence-corrected chi connectivity index (χ4v) is 8.01. The van der Waals surface area contributed by atoms with Crippen LogP contribution in [0.15, 0.2) is 0 Å². The highest BCUT2D eigenvalue weighted by Gasteiger charge is 2.59. The van der Waals surface area contributed by atoms with E-state index >= 15 is 0 Å². The van der Waals surface area contributed by atoms with E-state index in [1.807, 2.05) is 0 Å². The summed E-state index contributed by atoms with van der Waals surface area (Å²) in [7, 11) is 0. The Morgan fingerprint density at radius 3 is 2.36 bits per heavy atom. The van der Waals surface area contributed by atoms with E-state index in [1.54, 1.807) is 0 Å². The van der Waals surface area contributed by atoms with Crippen LogP contribution in [-0.2, 0) is 0 Å². The second-order valence-electron chi connectivity index (χ2n) is 9.81. The van der Waals surface area contributed by atoms with Crippen LogP contribution in [0.1, 0.15) is 85.0 Å². The van der Waals surface area contributed by atoms with Crippen molar-refractivity contribution in [2.45, 2.75) is 91.1 Å². The maximum Gasteiger partial charge on any atom is 0.0543 e. The highest BCUT2D eigenvalue weighted by molar-refractivity contribution is 5.08. The summed E-state index contributed by atoms with van der Waals surface area (Å²) in [5.41, 5.74) is 1.21. The molecule has 0 aliphatic heterocycles. The summed E-state index contributed by atoms with van der Waals surface area (Å²) in [5, 5.41) is 10.1. The van der Waals surface area contributed by atoms with Gasteiger partial charge in [0.25, 0.3) is 0 Å². The number of rotatable bonds is 1. The number of fused-ring (bicyclic) bond motifs is 5. The molecule has 4 saturated carbocycles. The van der Waals surface area contributed by atoms with Crippen molar-refractivity contribution in [1.82, 2.24) is 0 Å². The van der Waals surface area contributed by atoms with Crippen LogP contribution in [0.3, 0.4) is 0 Å². The predicted octanol–water partition coefficient (Wildman–Crippen LogP) is 5.42. The first-order valence-corrected chi connectivity index (χ1v) is 10.2. The van der Waals surface area contributed by atoms with Crippen molar-refractivity contribution in [3.05, 3.63) is 0 Å². The van der Waals surface area contributed by atoms with Crippen LogP contribution >= 0.6 is 0 Å². The van der Waals surface area contributed by atoms with Gasteiger partial charge < -0.3 is 5.11 Å². The van der Waals surface area contributed by atoms with Gasteiger partial charge in [0.2, 0.25) is 0 Å². The van der Waals surface area contributed by atoms with Crippen molar-refractivity contribution in [3.63, 3.8) is 0 Å². The molecule has 0 amide bonds. The molecule has 0 radical (unpaired) electrons. The summed E-state index contributed by atoms with van der Waals surface area (Å²) in [6.07, 6.45) is 13.7. The molecule has 1 N–H and O–H groups in total. The second-order valence-corrected chi connectivity index (χ2v) is 9.81. The fraction of sp³-hybridized carbons (Fsp3) is 1.00. The van der Waals surface area contributed by atoms with Gasteiger partial charge in [-0.2, -0.15) is 0 Å². The highest BCUT2D eigenvalue weighted by atomic mass is 16.3. The summed E-state index contributed by atoms with van der Waals surface area (Å²) in [4.78, 5) is 0. The second kappa shape index (κ2) is 5.23. The molecular weight excluding hydrogens is 268 g/mol. The first-order valence-electron chi connectivity index (χ1n) is 10.2. The van der Waals surface area contributed by atoms with Gasteiger partial charge in [-0.25, -0.2) is 0 Å². The van der Waals surface area contributed by atoms with Gasteiger partial charge in [-0.1, -0.05) is 27.2 Å². The van der Waals surface area contributed by atoms with Crippen molar-refractivity contribution < 1.29 is 5.11 Å². The maximum absolute atomic E-state index is 10.1. The van der Waals surface area contributed by atoms with Crippen molar-refractivity contribution >= 4 is 0 Å². The van der Waals surface area contributed by atoms with Crippen LogP contribution in [-0.4, -0.2) is 11.2 Å². The first kappa shape index (κ1) is 15.5. The van der Waals surface area contributed by atoms with Crippen molar-refractivity contribution in [2.75, 3.05) is 0 Å². The van der Waals surface area contributed by atoms with Crippen molar-refractivity contribution in [2.24, 2.45) is 40.4 Å². The van der Waals surface area contributed by atoms with E-state index in [-0.39, 0.29) is 6.10 Å². The molecule has 0 aromatic rings. The molecule has 4 rings (SSSR count). The Kier molecular flexibility index (Phi) is 3.68. The molecule has 0 heterocycles. The minimum atomic E-state index is -0.000524. The lowest BCUT2D eigenvalue weighted by Crippen LogP contribution is -2.53. The zero-order valence-electron chi connectivity index (χ0n) is 15.0. The van der Waals surface area contributed by atoms with Crippen LogP contribution in [0.25, 0.3) is 0 Å². The van der Waals surface area contributed by atoms with Crippen LogP contribution in [0, 0.1) is 40.4 Å². The van der Waals surface area contributed by atoms with E-state index in [9.17, 15) is 5.11 Å². The molecule has 0 aromatic carbocycles. The third-order valence-corrected chi connectivity index (χ3v) is 9.33. The molecule has 0 unspecified atom stereocenters. The van der Waals surface area contributed by atoms with E-state index in [0.717, 1.165) is 42.4 Å². The Morgan fingerprint density at radius 1 is 0.864 bits per heavy atom. The molecule has 4 aliphatic rings. The Morgan fingerprint density at radius 2 is 1.59 bits per heavy atom. The molecule has 1 nitrogen and oxygen atoms in total. The Bertz CT molecular complexity index is 432. The van der Waals surface area contributed by atoms with Gasteiger partial charge in [0.05, 0.1) is 6.10 Å². The van der Waals surface area contributed by atoms with Crippen LogP contribution in [0.2, 0.25) is 0 Å². The van der Waals surface area contributed by atoms with Gasteiger partial charge in [-0.15, -0.1) is 0 Å². The summed E-state index contributed by atoms with van der Waals surface area (Å²) in [6.45, 7) is 7.68. The lowest BCUT2D eigenvalue weighted by atomic mass is 9.44. The molecule has 0 aromatic heterocycles. The molecule has 126 valence electrons. The van der Waals surface area contributed by atoms with Gasteiger partial charge in [-0.3, -0.25) is 0 Å². The minimum Gasteiger partial charge on any atom is -0.393 e. The third-order valence-electron chi connectivity index (χ3n) is 9.33. The highest BCUT2D eigenvalue weighted by Crippen LogP contribution is 2.67. The summed E-state index contributed by atoms with van der Waals surface area (Å²) < 4.78 is 0. The number of hydrogen-bond acceptors (Lipinski definition) is 1. The predicted molar refractivity (Wildman–Crippen MR) is 91.5 cm³/mol. The van der Waals surface area contributed by atoms with Crippen LogP contribution < -0.4 is 0 Å². The van der Waals surface area contributed by atoms with Crippen molar-refractivity contribution in [1.29, 1.82) is 0 Å². The first-order chi connectivity index (χ1) is 10.5. The SMILES string of the molecule is CC[C@H]1CC[C@H]2[C@@H]3CC[C@@H]4C[C@H](O)CC[C@]4(C)[C@H]3CC[C@]12C. The van der Waals surface area contributed by atoms with E-state index in [2.05, 4.69) is 20.8 Å². The third kappa shape index (κ3) is 2.00. The number of aliphatic hydroxyl groups excluding tert-OH is 1. The lowest BCUT2D eigenvalue weighted by Gasteiger charge is -2.61. The molecule has 8 atom stereocenters. The van der Waals surface area contributed by atoms with Crippen LogP contribution in [0.4, 0.5) is 0 Å². The molecule has 0 bridgehead atoms. The monoisotopic (exact) mass is 304 g/mol. The normalized spacial score (nSPS) is 57.8. The van der Waals surface area contributed by atoms with E-state index in [4.69, 9.17) is 0 Å². The zero-order valence-corrected chi connectivity index (χ0v) is 15.0. The topological polar surface area (TPSA) is 20.2 Å². The molecule has 4 aliphatic carbocycles. The van der Waals surface area contributed by atoms with E-state index < -0.39 is 0 Å². The van der Waals surface area contributed by atoms with Gasteiger partial charge >= 0.3 is 0 Å². The Hall–Kier alpha value is -0.0400. The standard InChI is InChI=1S/C21H36O/c1-4-14-6-8-18-17-7-5-15-13-16(22)9-11-21(15,3)19(17)10-12-20(14,18)2/h14-19,22H,4-13H2,1-3H3/t14-,15+,16+,17-,18-,19-,20+,21-/m0/s1. The number of aliphatic hydroxyl groups is 1. The van der Waals surface area contributed by atoms with Gasteiger partial charge in [-0.05, 0) is 98.2 Å². The van der Waals surface area contributed by atoms with E-state index in [1.165, 1.54) is 51.4 Å². The Balaban J connectivity index is 1.61. The summed E-state index contributed by atoms with van der Waals surface area (Å²) >= 11 is 0. The average Bonchev–Trinajstić information content (AvgIpc) is 2.84. The maximum atomic E-state index is 10.1. The molecular formula is C21H36O. The minimum absolute atomic E-state index is 0.000524. The molecule has 22 heavy (non-hydrogen) atoms. The smallest absolute Gasteiger partial charge is 0.0543 e. The van der Waals surface area contributed by atoms with Crippen LogP contribution in [0.5, 0.6) is 0 Å². The zero-order chi connectivity index (χ0) is 15.5. The largest absolute Gasteiger partial charge is 0.393 e. The Labute approximate surface area is 137 Å². The quantitative estimate of drug-likeness (QED) is 0.686. The lowest BCUT2D eigenvalue weighted by molar-refractivity contribution is -0.126. The van der Waals surface area contributed by atoms with Gasteiger partial charge in [0.15, 0.2) is 0 Å². The average molecular weight is 305 g/mol. The summed E-state index contributed by atoms with van der Waals surface area (Å²) in [5.74, 6) is 4.79. The van der Waals surface area contributed by atoms with Crippen molar-refractivity contribution in [3.8, 4) is 0 Å². The van der Waals surface area contributed by atoms with E-state index in [0.29, 0.717) is 10.8 Å². The molecule has 4 fully saturated rings. The number of hydrogen-bond donors (Lipinski definition) is 1. The molecule has 0 spiro atoms. The fourth-order valence-electron chi connectivity index (χ4n) is 8.01.